The molecular formula is C23H33N2O3+. The Morgan fingerprint density at radius 3 is 2.39 bits per heavy atom. The molecule has 1 aliphatic heterocycles. The van der Waals surface area contributed by atoms with Gasteiger partial charge in [0.05, 0.1) is 52.2 Å². The fourth-order valence-corrected chi connectivity index (χ4v) is 3.81. The van der Waals surface area contributed by atoms with E-state index in [9.17, 15) is 5.11 Å². The summed E-state index contributed by atoms with van der Waals surface area (Å²) < 4.78 is 11.3. The minimum absolute atomic E-state index is 0.338. The summed E-state index contributed by atoms with van der Waals surface area (Å²) in [6.45, 7) is 7.88. The number of aliphatic hydroxyl groups excluding tert-OH is 1. The fourth-order valence-electron chi connectivity index (χ4n) is 3.81. The molecule has 3 rings (SSSR count). The molecule has 28 heavy (non-hydrogen) atoms. The Hall–Kier alpha value is -2.08. The number of hydrogen-bond acceptors (Lipinski definition) is 4. The van der Waals surface area contributed by atoms with E-state index in [2.05, 4.69) is 48.2 Å². The Labute approximate surface area is 168 Å². The van der Waals surface area contributed by atoms with Crippen molar-refractivity contribution in [3.05, 3.63) is 60.2 Å². The van der Waals surface area contributed by atoms with Gasteiger partial charge in [-0.3, -0.25) is 0 Å². The van der Waals surface area contributed by atoms with E-state index in [4.69, 9.17) is 9.47 Å². The molecule has 0 unspecified atom stereocenters. The number of benzene rings is 2. The van der Waals surface area contributed by atoms with Gasteiger partial charge in [0.25, 0.3) is 0 Å². The molecule has 2 atom stereocenters. The molecule has 2 N–H and O–H groups in total. The van der Waals surface area contributed by atoms with Crippen molar-refractivity contribution in [2.75, 3.05) is 57.9 Å². The van der Waals surface area contributed by atoms with Gasteiger partial charge in [0, 0.05) is 5.92 Å². The number of rotatable bonds is 9. The lowest BCUT2D eigenvalue weighted by Crippen LogP contribution is -3.16. The maximum absolute atomic E-state index is 10.4. The van der Waals surface area contributed by atoms with Crippen LogP contribution in [-0.4, -0.2) is 64.3 Å². The number of para-hydroxylation sites is 2. The van der Waals surface area contributed by atoms with Gasteiger partial charge in [0.15, 0.2) is 0 Å². The predicted octanol–water partition coefficient (Wildman–Crippen LogP) is 1.58. The van der Waals surface area contributed by atoms with E-state index in [-0.39, 0.29) is 0 Å². The molecule has 152 valence electrons. The average molecular weight is 386 g/mol. The van der Waals surface area contributed by atoms with E-state index in [0.29, 0.717) is 19.1 Å². The Bertz CT molecular complexity index is 702. The topological polar surface area (TPSA) is 46.4 Å². The molecule has 5 heteroatoms. The number of hydrogen-bond donors (Lipinski definition) is 2. The van der Waals surface area contributed by atoms with E-state index in [1.165, 1.54) is 10.5 Å². The van der Waals surface area contributed by atoms with E-state index in [1.807, 2.05) is 18.2 Å². The second-order valence-corrected chi connectivity index (χ2v) is 7.62. The Balaban J connectivity index is 1.37. The van der Waals surface area contributed by atoms with Gasteiger partial charge in [-0.15, -0.1) is 0 Å². The van der Waals surface area contributed by atoms with Gasteiger partial charge in [0.2, 0.25) is 0 Å². The van der Waals surface area contributed by atoms with E-state index in [1.54, 1.807) is 7.11 Å². The highest BCUT2D eigenvalue weighted by molar-refractivity contribution is 5.58. The van der Waals surface area contributed by atoms with Crippen LogP contribution in [0.5, 0.6) is 5.75 Å². The summed E-state index contributed by atoms with van der Waals surface area (Å²) in [6.07, 6.45) is -0.421. The van der Waals surface area contributed by atoms with Gasteiger partial charge in [-0.1, -0.05) is 49.4 Å². The zero-order chi connectivity index (χ0) is 19.8. The van der Waals surface area contributed by atoms with Crippen molar-refractivity contribution in [2.24, 2.45) is 0 Å². The molecule has 1 aliphatic rings. The number of piperazine rings is 1. The number of anilines is 1. The Morgan fingerprint density at radius 1 is 1.00 bits per heavy atom. The molecule has 1 fully saturated rings. The zero-order valence-corrected chi connectivity index (χ0v) is 17.0. The quantitative estimate of drug-likeness (QED) is 0.688. The molecule has 0 spiro atoms. The van der Waals surface area contributed by atoms with Crippen LogP contribution in [-0.2, 0) is 4.74 Å². The molecule has 0 radical (unpaired) electrons. The molecule has 1 heterocycles. The molecule has 2 aromatic carbocycles. The largest absolute Gasteiger partial charge is 0.495 e. The first-order valence-electron chi connectivity index (χ1n) is 10.2. The first-order valence-corrected chi connectivity index (χ1v) is 10.2. The minimum Gasteiger partial charge on any atom is -0.495 e. The molecule has 1 saturated heterocycles. The van der Waals surface area contributed by atoms with Crippen LogP contribution in [0.4, 0.5) is 5.69 Å². The van der Waals surface area contributed by atoms with Crippen molar-refractivity contribution in [3.8, 4) is 5.75 Å². The number of ether oxygens (including phenoxy) is 2. The molecule has 5 nitrogen and oxygen atoms in total. The number of methoxy groups -OCH3 is 1. The molecule has 2 aromatic rings. The Kier molecular flexibility index (Phi) is 7.71. The van der Waals surface area contributed by atoms with Crippen molar-refractivity contribution in [3.63, 3.8) is 0 Å². The molecule has 0 aliphatic carbocycles. The third kappa shape index (κ3) is 5.71. The zero-order valence-electron chi connectivity index (χ0n) is 17.0. The smallest absolute Gasteiger partial charge is 0.142 e. The first kappa shape index (κ1) is 20.6. The highest BCUT2D eigenvalue weighted by Gasteiger charge is 2.24. The lowest BCUT2D eigenvalue weighted by Gasteiger charge is -2.35. The van der Waals surface area contributed by atoms with Crippen molar-refractivity contribution in [1.29, 1.82) is 0 Å². The lowest BCUT2D eigenvalue weighted by molar-refractivity contribution is -0.903. The van der Waals surface area contributed by atoms with Crippen LogP contribution in [0.15, 0.2) is 54.6 Å². The highest BCUT2D eigenvalue weighted by Crippen LogP contribution is 2.27. The molecule has 0 bridgehead atoms. The van der Waals surface area contributed by atoms with Crippen molar-refractivity contribution < 1.29 is 19.5 Å². The van der Waals surface area contributed by atoms with Gasteiger partial charge in [-0.25, -0.2) is 0 Å². The summed E-state index contributed by atoms with van der Waals surface area (Å²) in [5, 5.41) is 10.4. The van der Waals surface area contributed by atoms with Crippen LogP contribution >= 0.6 is 0 Å². The normalized spacial score (nSPS) is 17.3. The van der Waals surface area contributed by atoms with Crippen LogP contribution in [0.3, 0.4) is 0 Å². The summed E-state index contributed by atoms with van der Waals surface area (Å²) in [5.74, 6) is 1.26. The summed E-state index contributed by atoms with van der Waals surface area (Å²) in [5.41, 5.74) is 2.43. The van der Waals surface area contributed by atoms with Crippen LogP contribution in [0.25, 0.3) is 0 Å². The maximum atomic E-state index is 10.4. The van der Waals surface area contributed by atoms with Gasteiger partial charge in [-0.2, -0.15) is 0 Å². The van der Waals surface area contributed by atoms with Crippen molar-refractivity contribution in [1.82, 2.24) is 0 Å². The highest BCUT2D eigenvalue weighted by atomic mass is 16.5. The van der Waals surface area contributed by atoms with Crippen LogP contribution in [0.2, 0.25) is 0 Å². The standard InChI is InChI=1S/C23H32N2O3/c1-19(20-8-4-3-5-9-20)17-28-18-21(26)16-24-12-14-25(15-13-24)22-10-6-7-11-23(22)27-2/h3-11,19,21,26H,12-18H2,1-2H3/p+1/t19-,21-/m0/s1. The minimum atomic E-state index is -0.421. The summed E-state index contributed by atoms with van der Waals surface area (Å²) >= 11 is 0. The summed E-state index contributed by atoms with van der Waals surface area (Å²) in [7, 11) is 1.72. The first-order chi connectivity index (χ1) is 13.7. The van der Waals surface area contributed by atoms with Crippen LogP contribution < -0.4 is 14.5 Å². The van der Waals surface area contributed by atoms with Gasteiger partial charge >= 0.3 is 0 Å². The third-order valence-corrected chi connectivity index (χ3v) is 5.47. The molecular weight excluding hydrogens is 352 g/mol. The lowest BCUT2D eigenvalue weighted by atomic mass is 10.0. The van der Waals surface area contributed by atoms with Gasteiger partial charge < -0.3 is 24.4 Å². The van der Waals surface area contributed by atoms with E-state index in [0.717, 1.165) is 44.2 Å². The maximum Gasteiger partial charge on any atom is 0.142 e. The van der Waals surface area contributed by atoms with E-state index < -0.39 is 6.10 Å². The fraction of sp³-hybridized carbons (Fsp3) is 0.478. The second-order valence-electron chi connectivity index (χ2n) is 7.62. The number of aliphatic hydroxyl groups is 1. The molecule has 0 aromatic heterocycles. The monoisotopic (exact) mass is 385 g/mol. The number of quaternary nitrogens is 1. The third-order valence-electron chi connectivity index (χ3n) is 5.47. The summed E-state index contributed by atoms with van der Waals surface area (Å²) in [4.78, 5) is 3.80. The summed E-state index contributed by atoms with van der Waals surface area (Å²) in [6, 6.07) is 18.5. The molecule has 0 saturated carbocycles. The number of nitrogens with zero attached hydrogens (tertiary/aromatic N) is 1. The Morgan fingerprint density at radius 2 is 1.68 bits per heavy atom. The number of nitrogens with one attached hydrogen (secondary N) is 1. The SMILES string of the molecule is COc1ccccc1N1CC[NH+](C[C@H](O)COC[C@H](C)c2ccccc2)CC1. The average Bonchev–Trinajstić information content (AvgIpc) is 2.75. The van der Waals surface area contributed by atoms with Crippen LogP contribution in [0, 0.1) is 0 Å². The van der Waals surface area contributed by atoms with Gasteiger partial charge in [-0.05, 0) is 17.7 Å². The second kappa shape index (κ2) is 10.5. The van der Waals surface area contributed by atoms with E-state index >= 15 is 0 Å². The van der Waals surface area contributed by atoms with Gasteiger partial charge in [0.1, 0.15) is 18.4 Å². The molecule has 0 amide bonds. The van der Waals surface area contributed by atoms with Crippen LogP contribution in [0.1, 0.15) is 18.4 Å². The van der Waals surface area contributed by atoms with Crippen molar-refractivity contribution in [2.45, 2.75) is 18.9 Å². The van der Waals surface area contributed by atoms with Crippen molar-refractivity contribution >= 4 is 5.69 Å². The predicted molar refractivity (Wildman–Crippen MR) is 112 cm³/mol.